The number of thiophene rings is 1. The van der Waals surface area contributed by atoms with Crippen LogP contribution in [0.25, 0.3) is 0 Å². The predicted octanol–water partition coefficient (Wildman–Crippen LogP) is 6.39. The average Bonchev–Trinajstić information content (AvgIpc) is 3.44. The zero-order chi connectivity index (χ0) is 23.8. The fourth-order valence-electron chi connectivity index (χ4n) is 4.17. The fraction of sp³-hybridized carbons (Fsp3) is 0.172. The maximum Gasteiger partial charge on any atom is 0.343 e. The standard InChI is InChI=1S/C29H26O4S/c1-32-28(31)29(24-16-9-4-10-17-24,33-21-22-12-5-2-6-13-22)25(27-18-11-19-34-27)20-26(30)23-14-7-3-8-15-23/h2-19,25H,20-21H2,1H3/t25-,29+/m0/s1. The number of hydrogen-bond donors (Lipinski definition) is 0. The van der Waals surface area contributed by atoms with Gasteiger partial charge in [-0.05, 0) is 22.6 Å². The van der Waals surface area contributed by atoms with E-state index >= 15 is 0 Å². The summed E-state index contributed by atoms with van der Waals surface area (Å²) in [5.74, 6) is -1.18. The molecule has 0 amide bonds. The van der Waals surface area contributed by atoms with Crippen LogP contribution in [0.5, 0.6) is 0 Å². The van der Waals surface area contributed by atoms with Crippen LogP contribution < -0.4 is 0 Å². The van der Waals surface area contributed by atoms with E-state index in [0.29, 0.717) is 11.1 Å². The predicted molar refractivity (Wildman–Crippen MR) is 134 cm³/mol. The van der Waals surface area contributed by atoms with Gasteiger partial charge in [-0.3, -0.25) is 4.79 Å². The lowest BCUT2D eigenvalue weighted by Crippen LogP contribution is -2.45. The summed E-state index contributed by atoms with van der Waals surface area (Å²) < 4.78 is 11.9. The Bertz CT molecular complexity index is 1190. The highest BCUT2D eigenvalue weighted by atomic mass is 32.1. The second-order valence-corrected chi connectivity index (χ2v) is 8.91. The van der Waals surface area contributed by atoms with Gasteiger partial charge in [-0.2, -0.15) is 0 Å². The van der Waals surface area contributed by atoms with Gasteiger partial charge in [0.1, 0.15) is 0 Å². The Morgan fingerprint density at radius 1 is 0.824 bits per heavy atom. The van der Waals surface area contributed by atoms with Crippen molar-refractivity contribution in [3.05, 3.63) is 130 Å². The highest BCUT2D eigenvalue weighted by Crippen LogP contribution is 2.46. The molecular formula is C29H26O4S. The van der Waals surface area contributed by atoms with E-state index in [-0.39, 0.29) is 18.8 Å². The largest absolute Gasteiger partial charge is 0.467 e. The quantitative estimate of drug-likeness (QED) is 0.199. The average molecular weight is 471 g/mol. The molecule has 0 radical (unpaired) electrons. The number of carbonyl (C=O) groups is 2. The van der Waals surface area contributed by atoms with E-state index in [2.05, 4.69) is 0 Å². The maximum atomic E-state index is 13.7. The summed E-state index contributed by atoms with van der Waals surface area (Å²) in [5, 5.41) is 1.94. The van der Waals surface area contributed by atoms with Gasteiger partial charge in [0.05, 0.1) is 13.7 Å². The van der Waals surface area contributed by atoms with E-state index in [1.54, 1.807) is 12.1 Å². The third kappa shape index (κ3) is 5.01. The summed E-state index contributed by atoms with van der Waals surface area (Å²) in [5.41, 5.74) is 0.656. The molecule has 0 spiro atoms. The minimum atomic E-state index is -1.51. The normalized spacial score (nSPS) is 13.6. The van der Waals surface area contributed by atoms with Crippen LogP contribution in [-0.4, -0.2) is 18.9 Å². The Hall–Kier alpha value is -3.54. The van der Waals surface area contributed by atoms with Gasteiger partial charge in [-0.25, -0.2) is 4.79 Å². The van der Waals surface area contributed by atoms with Crippen molar-refractivity contribution in [2.45, 2.75) is 24.5 Å². The number of esters is 1. The van der Waals surface area contributed by atoms with Gasteiger partial charge < -0.3 is 9.47 Å². The van der Waals surface area contributed by atoms with Gasteiger partial charge in [0.2, 0.25) is 0 Å². The van der Waals surface area contributed by atoms with Gasteiger partial charge in [0, 0.05) is 22.8 Å². The van der Waals surface area contributed by atoms with E-state index in [4.69, 9.17) is 9.47 Å². The number of hydrogen-bond acceptors (Lipinski definition) is 5. The lowest BCUT2D eigenvalue weighted by Gasteiger charge is -2.38. The third-order valence-electron chi connectivity index (χ3n) is 5.86. The van der Waals surface area contributed by atoms with Crippen LogP contribution in [0.15, 0.2) is 109 Å². The summed E-state index contributed by atoms with van der Waals surface area (Å²) in [4.78, 5) is 27.9. The van der Waals surface area contributed by atoms with E-state index in [1.807, 2.05) is 96.4 Å². The fourth-order valence-corrected chi connectivity index (χ4v) is 5.06. The lowest BCUT2D eigenvalue weighted by atomic mass is 9.76. The van der Waals surface area contributed by atoms with Crippen molar-refractivity contribution >= 4 is 23.1 Å². The van der Waals surface area contributed by atoms with Crippen LogP contribution in [0.3, 0.4) is 0 Å². The molecule has 172 valence electrons. The molecule has 4 nitrogen and oxygen atoms in total. The highest BCUT2D eigenvalue weighted by molar-refractivity contribution is 7.10. The zero-order valence-electron chi connectivity index (χ0n) is 18.9. The molecule has 0 unspecified atom stereocenters. The van der Waals surface area contributed by atoms with Crippen LogP contribution in [0.2, 0.25) is 0 Å². The molecule has 1 aromatic heterocycles. The number of ether oxygens (including phenoxy) is 2. The van der Waals surface area contributed by atoms with Crippen molar-refractivity contribution in [1.82, 2.24) is 0 Å². The number of carbonyl (C=O) groups excluding carboxylic acids is 2. The molecule has 2 atom stereocenters. The number of benzene rings is 3. The Balaban J connectivity index is 1.84. The minimum Gasteiger partial charge on any atom is -0.467 e. The van der Waals surface area contributed by atoms with Crippen LogP contribution >= 0.6 is 11.3 Å². The van der Waals surface area contributed by atoms with Gasteiger partial charge in [-0.15, -0.1) is 11.3 Å². The SMILES string of the molecule is COC(=O)[C@@](OCc1ccccc1)(c1ccccc1)[C@@H](CC(=O)c1ccccc1)c1cccs1. The van der Waals surface area contributed by atoms with E-state index in [9.17, 15) is 9.59 Å². The first-order valence-corrected chi connectivity index (χ1v) is 12.0. The monoisotopic (exact) mass is 470 g/mol. The Kier molecular flexibility index (Phi) is 7.68. The summed E-state index contributed by atoms with van der Waals surface area (Å²) >= 11 is 1.50. The zero-order valence-corrected chi connectivity index (χ0v) is 19.7. The molecule has 5 heteroatoms. The third-order valence-corrected chi connectivity index (χ3v) is 6.85. The number of methoxy groups -OCH3 is 1. The maximum absolute atomic E-state index is 13.7. The number of ketones is 1. The molecule has 34 heavy (non-hydrogen) atoms. The molecule has 1 heterocycles. The van der Waals surface area contributed by atoms with E-state index in [0.717, 1.165) is 10.4 Å². The second kappa shape index (κ2) is 11.1. The second-order valence-electron chi connectivity index (χ2n) is 7.93. The number of rotatable bonds is 10. The summed E-state index contributed by atoms with van der Waals surface area (Å²) in [7, 11) is 1.36. The molecule has 0 aliphatic rings. The Morgan fingerprint density at radius 3 is 2.03 bits per heavy atom. The molecule has 0 saturated heterocycles. The summed E-state index contributed by atoms with van der Waals surface area (Å²) in [6, 6.07) is 32.0. The highest BCUT2D eigenvalue weighted by Gasteiger charge is 2.51. The van der Waals surface area contributed by atoms with Crippen LogP contribution in [0, 0.1) is 0 Å². The Morgan fingerprint density at radius 2 is 1.44 bits per heavy atom. The smallest absolute Gasteiger partial charge is 0.343 e. The van der Waals surface area contributed by atoms with Crippen LogP contribution in [0.1, 0.15) is 38.7 Å². The molecule has 0 aliphatic heterocycles. The van der Waals surface area contributed by atoms with Crippen molar-refractivity contribution in [1.29, 1.82) is 0 Å². The molecular weight excluding hydrogens is 444 g/mol. The molecule has 0 fully saturated rings. The van der Waals surface area contributed by atoms with Crippen molar-refractivity contribution in [2.75, 3.05) is 7.11 Å². The summed E-state index contributed by atoms with van der Waals surface area (Å²) in [6.45, 7) is 0.187. The lowest BCUT2D eigenvalue weighted by molar-refractivity contribution is -0.178. The molecule has 4 rings (SSSR count). The van der Waals surface area contributed by atoms with Crippen molar-refractivity contribution < 1.29 is 19.1 Å². The van der Waals surface area contributed by atoms with Gasteiger partial charge >= 0.3 is 5.97 Å². The van der Waals surface area contributed by atoms with Gasteiger partial charge in [0.15, 0.2) is 11.4 Å². The topological polar surface area (TPSA) is 52.6 Å². The molecule has 0 bridgehead atoms. The van der Waals surface area contributed by atoms with Crippen LogP contribution in [-0.2, 0) is 26.5 Å². The minimum absolute atomic E-state index is 0.0634. The molecule has 4 aromatic rings. The van der Waals surface area contributed by atoms with Crippen molar-refractivity contribution in [3.8, 4) is 0 Å². The molecule has 0 saturated carbocycles. The van der Waals surface area contributed by atoms with Crippen molar-refractivity contribution in [3.63, 3.8) is 0 Å². The molecule has 0 aliphatic carbocycles. The van der Waals surface area contributed by atoms with E-state index < -0.39 is 17.5 Å². The van der Waals surface area contributed by atoms with Gasteiger partial charge in [-0.1, -0.05) is 97.1 Å². The first-order valence-electron chi connectivity index (χ1n) is 11.1. The summed E-state index contributed by atoms with van der Waals surface area (Å²) in [6.07, 6.45) is 0.0866. The number of Topliss-reactive ketones (excluding diaryl/α,β-unsaturated/α-hetero) is 1. The molecule has 3 aromatic carbocycles. The first kappa shape index (κ1) is 23.6. The first-order chi connectivity index (χ1) is 16.6. The van der Waals surface area contributed by atoms with Crippen LogP contribution in [0.4, 0.5) is 0 Å². The van der Waals surface area contributed by atoms with E-state index in [1.165, 1.54) is 18.4 Å². The molecule has 0 N–H and O–H groups in total. The Labute approximate surface area is 203 Å². The van der Waals surface area contributed by atoms with Crippen molar-refractivity contribution in [2.24, 2.45) is 0 Å². The van der Waals surface area contributed by atoms with Gasteiger partial charge in [0.25, 0.3) is 0 Å².